The molecule has 2 rings (SSSR count). The minimum absolute atomic E-state index is 0.120. The summed E-state index contributed by atoms with van der Waals surface area (Å²) in [6.45, 7) is 7.82. The predicted octanol–water partition coefficient (Wildman–Crippen LogP) is 0.533. The molecule has 1 saturated heterocycles. The highest BCUT2D eigenvalue weighted by Gasteiger charge is 2.44. The van der Waals surface area contributed by atoms with Gasteiger partial charge in [0, 0.05) is 12.7 Å². The highest BCUT2D eigenvalue weighted by Crippen LogP contribution is 2.24. The lowest BCUT2D eigenvalue weighted by molar-refractivity contribution is -0.136. The maximum Gasteiger partial charge on any atom is 0.252 e. The molecule has 1 aliphatic rings. The van der Waals surface area contributed by atoms with Crippen molar-refractivity contribution < 1.29 is 9.59 Å². The first-order chi connectivity index (χ1) is 8.36. The van der Waals surface area contributed by atoms with Crippen LogP contribution in [0.2, 0.25) is 0 Å². The van der Waals surface area contributed by atoms with Gasteiger partial charge in [-0.15, -0.1) is 0 Å². The maximum absolute atomic E-state index is 12.4. The molecule has 1 aromatic heterocycles. The number of amides is 2. The third-order valence-corrected chi connectivity index (χ3v) is 3.18. The van der Waals surface area contributed by atoms with Crippen LogP contribution in [0.4, 0.5) is 5.69 Å². The number of aromatic nitrogens is 2. The van der Waals surface area contributed by atoms with Crippen molar-refractivity contribution in [2.45, 2.75) is 45.8 Å². The quantitative estimate of drug-likeness (QED) is 0.832. The van der Waals surface area contributed by atoms with E-state index in [1.54, 1.807) is 37.8 Å². The van der Waals surface area contributed by atoms with Crippen molar-refractivity contribution in [1.82, 2.24) is 15.1 Å². The van der Waals surface area contributed by atoms with E-state index in [1.807, 2.05) is 6.92 Å². The van der Waals surface area contributed by atoms with Crippen LogP contribution in [0, 0.1) is 0 Å². The summed E-state index contributed by atoms with van der Waals surface area (Å²) in [5.41, 5.74) is -0.213. The van der Waals surface area contributed by atoms with Gasteiger partial charge in [0.05, 0.1) is 11.9 Å². The zero-order chi connectivity index (χ0) is 13.5. The Morgan fingerprint density at radius 2 is 2.11 bits per heavy atom. The van der Waals surface area contributed by atoms with Crippen LogP contribution in [0.5, 0.6) is 0 Å². The summed E-state index contributed by atoms with van der Waals surface area (Å²) in [5, 5.41) is 6.86. The molecule has 6 nitrogen and oxygen atoms in total. The van der Waals surface area contributed by atoms with Gasteiger partial charge in [0.25, 0.3) is 5.91 Å². The van der Waals surface area contributed by atoms with E-state index in [0.29, 0.717) is 5.69 Å². The van der Waals surface area contributed by atoms with E-state index in [0.717, 1.165) is 6.54 Å². The van der Waals surface area contributed by atoms with Crippen molar-refractivity contribution in [2.24, 2.45) is 0 Å². The molecule has 0 radical (unpaired) electrons. The van der Waals surface area contributed by atoms with Crippen molar-refractivity contribution in [3.63, 3.8) is 0 Å². The summed E-state index contributed by atoms with van der Waals surface area (Å²) in [6, 6.07) is -0.514. The normalized spacial score (nSPS) is 23.1. The molecule has 1 aliphatic heterocycles. The number of anilines is 1. The topological polar surface area (TPSA) is 67.2 Å². The Balaban J connectivity index is 2.39. The molecule has 0 spiro atoms. The Kier molecular flexibility index (Phi) is 2.88. The van der Waals surface area contributed by atoms with E-state index in [4.69, 9.17) is 0 Å². The summed E-state index contributed by atoms with van der Waals surface area (Å²) in [5.74, 6) is -0.269. The molecule has 1 aromatic rings. The zero-order valence-electron chi connectivity index (χ0n) is 11.1. The Morgan fingerprint density at radius 1 is 1.44 bits per heavy atom. The second-order valence-electron chi connectivity index (χ2n) is 5.02. The van der Waals surface area contributed by atoms with Crippen LogP contribution >= 0.6 is 0 Å². The van der Waals surface area contributed by atoms with Crippen molar-refractivity contribution >= 4 is 17.5 Å². The third-order valence-electron chi connectivity index (χ3n) is 3.18. The molecule has 1 unspecified atom stereocenters. The summed E-state index contributed by atoms with van der Waals surface area (Å²) in [6.07, 6.45) is 3.40. The Hall–Kier alpha value is -1.85. The predicted molar refractivity (Wildman–Crippen MR) is 67.1 cm³/mol. The molecule has 1 N–H and O–H groups in total. The second-order valence-corrected chi connectivity index (χ2v) is 5.02. The SMILES string of the molecule is CCn1cc(N2C(=O)C(C)(C)NC(=O)C2C)cn1. The van der Waals surface area contributed by atoms with Gasteiger partial charge in [-0.3, -0.25) is 19.2 Å². The van der Waals surface area contributed by atoms with Crippen LogP contribution in [-0.2, 0) is 16.1 Å². The Bertz CT molecular complexity index is 492. The second kappa shape index (κ2) is 4.12. The van der Waals surface area contributed by atoms with Crippen molar-refractivity contribution in [3.8, 4) is 0 Å². The number of hydrogen-bond donors (Lipinski definition) is 1. The lowest BCUT2D eigenvalue weighted by atomic mass is 9.97. The molecule has 0 aliphatic carbocycles. The van der Waals surface area contributed by atoms with Crippen LogP contribution in [-0.4, -0.2) is 33.2 Å². The number of carbonyl (C=O) groups is 2. The van der Waals surface area contributed by atoms with Crippen LogP contribution in [0.25, 0.3) is 0 Å². The number of rotatable bonds is 2. The number of carbonyl (C=O) groups excluding carboxylic acids is 2. The zero-order valence-corrected chi connectivity index (χ0v) is 11.1. The summed E-state index contributed by atoms with van der Waals surface area (Å²) in [4.78, 5) is 25.8. The number of nitrogens with zero attached hydrogens (tertiary/aromatic N) is 3. The molecular formula is C12H18N4O2. The van der Waals surface area contributed by atoms with Gasteiger partial charge in [-0.25, -0.2) is 0 Å². The largest absolute Gasteiger partial charge is 0.340 e. The minimum Gasteiger partial charge on any atom is -0.340 e. The van der Waals surface area contributed by atoms with Crippen molar-refractivity contribution in [2.75, 3.05) is 4.90 Å². The third kappa shape index (κ3) is 1.87. The standard InChI is InChI=1S/C12H18N4O2/c1-5-15-7-9(6-13-15)16-8(2)10(17)14-12(3,4)11(16)18/h6-8H,5H2,1-4H3,(H,14,17). The van der Waals surface area contributed by atoms with Crippen LogP contribution < -0.4 is 10.2 Å². The number of aryl methyl sites for hydroxylation is 1. The fourth-order valence-electron chi connectivity index (χ4n) is 2.05. The first kappa shape index (κ1) is 12.6. The van der Waals surface area contributed by atoms with Gasteiger partial charge in [0.15, 0.2) is 0 Å². The number of piperazine rings is 1. The highest BCUT2D eigenvalue weighted by molar-refractivity contribution is 6.10. The lowest BCUT2D eigenvalue weighted by Gasteiger charge is -2.40. The van der Waals surface area contributed by atoms with Gasteiger partial charge in [0.2, 0.25) is 5.91 Å². The molecule has 0 saturated carbocycles. The summed E-state index contributed by atoms with van der Waals surface area (Å²) in [7, 11) is 0. The van der Waals surface area contributed by atoms with E-state index in [1.165, 1.54) is 4.90 Å². The van der Waals surface area contributed by atoms with Gasteiger partial charge in [-0.05, 0) is 27.7 Å². The van der Waals surface area contributed by atoms with E-state index in [-0.39, 0.29) is 11.8 Å². The molecule has 2 amide bonds. The van der Waals surface area contributed by atoms with Crippen molar-refractivity contribution in [1.29, 1.82) is 0 Å². The molecule has 0 bridgehead atoms. The Labute approximate surface area is 106 Å². The van der Waals surface area contributed by atoms with Gasteiger partial charge in [-0.2, -0.15) is 5.10 Å². The van der Waals surface area contributed by atoms with Crippen LogP contribution in [0.15, 0.2) is 12.4 Å². The molecule has 6 heteroatoms. The highest BCUT2D eigenvalue weighted by atomic mass is 16.2. The average molecular weight is 250 g/mol. The lowest BCUT2D eigenvalue weighted by Crippen LogP contribution is -2.67. The molecule has 0 aromatic carbocycles. The van der Waals surface area contributed by atoms with E-state index >= 15 is 0 Å². The molecule has 1 atom stereocenters. The molecule has 1 fully saturated rings. The molecule has 2 heterocycles. The number of hydrogen-bond acceptors (Lipinski definition) is 3. The Morgan fingerprint density at radius 3 is 2.67 bits per heavy atom. The minimum atomic E-state index is -0.877. The van der Waals surface area contributed by atoms with Crippen molar-refractivity contribution in [3.05, 3.63) is 12.4 Å². The van der Waals surface area contributed by atoms with Gasteiger partial charge < -0.3 is 5.32 Å². The summed E-state index contributed by atoms with van der Waals surface area (Å²) < 4.78 is 1.73. The first-order valence-electron chi connectivity index (χ1n) is 6.05. The van der Waals surface area contributed by atoms with Gasteiger partial charge in [-0.1, -0.05) is 0 Å². The van der Waals surface area contributed by atoms with E-state index in [9.17, 15) is 9.59 Å². The van der Waals surface area contributed by atoms with E-state index in [2.05, 4.69) is 10.4 Å². The first-order valence-corrected chi connectivity index (χ1v) is 6.05. The number of nitrogens with one attached hydrogen (secondary N) is 1. The van der Waals surface area contributed by atoms with E-state index < -0.39 is 11.6 Å². The summed E-state index contributed by atoms with van der Waals surface area (Å²) >= 11 is 0. The smallest absolute Gasteiger partial charge is 0.252 e. The monoisotopic (exact) mass is 250 g/mol. The average Bonchev–Trinajstić information content (AvgIpc) is 2.75. The fraction of sp³-hybridized carbons (Fsp3) is 0.583. The van der Waals surface area contributed by atoms with Gasteiger partial charge >= 0.3 is 0 Å². The molecular weight excluding hydrogens is 232 g/mol. The van der Waals surface area contributed by atoms with Crippen LogP contribution in [0.1, 0.15) is 27.7 Å². The maximum atomic E-state index is 12.4. The molecule has 98 valence electrons. The van der Waals surface area contributed by atoms with Crippen LogP contribution in [0.3, 0.4) is 0 Å². The molecule has 18 heavy (non-hydrogen) atoms. The van der Waals surface area contributed by atoms with Gasteiger partial charge in [0.1, 0.15) is 11.6 Å². The fourth-order valence-corrected chi connectivity index (χ4v) is 2.05.